The van der Waals surface area contributed by atoms with E-state index in [0.29, 0.717) is 12.2 Å². The quantitative estimate of drug-likeness (QED) is 0.435. The Bertz CT molecular complexity index is 322. The average Bonchev–Trinajstić information content (AvgIpc) is 2.34. The summed E-state index contributed by atoms with van der Waals surface area (Å²) in [5.74, 6) is -0.257. The van der Waals surface area contributed by atoms with Crippen molar-refractivity contribution < 1.29 is 9.53 Å². The van der Waals surface area contributed by atoms with Gasteiger partial charge in [0.1, 0.15) is 0 Å². The number of ether oxygens (including phenoxy) is 1. The lowest BCUT2D eigenvalue weighted by molar-refractivity contribution is 0.0498. The minimum Gasteiger partial charge on any atom is -0.462 e. The molecule has 0 aliphatic heterocycles. The van der Waals surface area contributed by atoms with Crippen LogP contribution in [0.5, 0.6) is 0 Å². The Kier molecular flexibility index (Phi) is 5.92. The summed E-state index contributed by atoms with van der Waals surface area (Å²) in [6.45, 7) is 0.464. The topological polar surface area (TPSA) is 50.1 Å². The van der Waals surface area contributed by atoms with Gasteiger partial charge in [0.05, 0.1) is 12.2 Å². The molecule has 3 heteroatoms. The fraction of sp³-hybridized carbons (Fsp3) is 0.385. The number of carbonyl (C=O) groups excluding carboxylic acids is 1. The average molecular weight is 219 g/mol. The summed E-state index contributed by atoms with van der Waals surface area (Å²) in [5, 5.41) is 6.85. The summed E-state index contributed by atoms with van der Waals surface area (Å²) >= 11 is 0. The molecule has 0 aliphatic rings. The van der Waals surface area contributed by atoms with Crippen LogP contribution in [0, 0.1) is 5.41 Å². The highest BCUT2D eigenvalue weighted by molar-refractivity contribution is 5.89. The van der Waals surface area contributed by atoms with Crippen molar-refractivity contribution in [2.45, 2.75) is 25.7 Å². The van der Waals surface area contributed by atoms with E-state index in [4.69, 9.17) is 10.1 Å². The van der Waals surface area contributed by atoms with Crippen molar-refractivity contribution in [1.29, 1.82) is 5.41 Å². The maximum atomic E-state index is 11.5. The van der Waals surface area contributed by atoms with Gasteiger partial charge in [-0.1, -0.05) is 18.2 Å². The van der Waals surface area contributed by atoms with Crippen LogP contribution in [0.1, 0.15) is 36.0 Å². The smallest absolute Gasteiger partial charge is 0.338 e. The van der Waals surface area contributed by atoms with Crippen molar-refractivity contribution in [3.05, 3.63) is 35.9 Å². The SMILES string of the molecule is N=CCCCCCOC(=O)c1ccccc1. The van der Waals surface area contributed by atoms with E-state index in [1.165, 1.54) is 6.21 Å². The molecule has 86 valence electrons. The summed E-state index contributed by atoms with van der Waals surface area (Å²) in [6.07, 6.45) is 5.08. The van der Waals surface area contributed by atoms with Gasteiger partial charge < -0.3 is 10.1 Å². The number of nitrogens with one attached hydrogen (secondary N) is 1. The van der Waals surface area contributed by atoms with Crippen LogP contribution in [-0.4, -0.2) is 18.8 Å². The van der Waals surface area contributed by atoms with Crippen LogP contribution in [0.15, 0.2) is 30.3 Å². The number of hydrogen-bond acceptors (Lipinski definition) is 3. The van der Waals surface area contributed by atoms with Gasteiger partial charge in [0.25, 0.3) is 0 Å². The maximum absolute atomic E-state index is 11.5. The molecule has 0 unspecified atom stereocenters. The molecule has 0 saturated heterocycles. The highest BCUT2D eigenvalue weighted by atomic mass is 16.5. The van der Waals surface area contributed by atoms with Gasteiger partial charge in [-0.3, -0.25) is 0 Å². The summed E-state index contributed by atoms with van der Waals surface area (Å²) in [7, 11) is 0. The van der Waals surface area contributed by atoms with Crippen LogP contribution >= 0.6 is 0 Å². The molecule has 0 radical (unpaired) electrons. The second-order valence-electron chi connectivity index (χ2n) is 3.56. The molecule has 0 spiro atoms. The summed E-state index contributed by atoms with van der Waals surface area (Å²) in [6, 6.07) is 9.00. The lowest BCUT2D eigenvalue weighted by Gasteiger charge is -2.03. The van der Waals surface area contributed by atoms with Gasteiger partial charge in [-0.15, -0.1) is 0 Å². The number of rotatable bonds is 7. The van der Waals surface area contributed by atoms with Crippen LogP contribution in [0.2, 0.25) is 0 Å². The monoisotopic (exact) mass is 219 g/mol. The lowest BCUT2D eigenvalue weighted by atomic mass is 10.2. The molecule has 1 aromatic rings. The Morgan fingerprint density at radius 2 is 1.94 bits per heavy atom. The molecule has 0 heterocycles. The van der Waals surface area contributed by atoms with Crippen molar-refractivity contribution in [2.75, 3.05) is 6.61 Å². The van der Waals surface area contributed by atoms with Crippen LogP contribution < -0.4 is 0 Å². The van der Waals surface area contributed by atoms with Crippen molar-refractivity contribution >= 4 is 12.2 Å². The predicted octanol–water partition coefficient (Wildman–Crippen LogP) is 3.05. The van der Waals surface area contributed by atoms with Crippen LogP contribution in [0.25, 0.3) is 0 Å². The largest absolute Gasteiger partial charge is 0.462 e. The van der Waals surface area contributed by atoms with Crippen LogP contribution in [0.3, 0.4) is 0 Å². The summed E-state index contributed by atoms with van der Waals surface area (Å²) in [5.41, 5.74) is 0.599. The van der Waals surface area contributed by atoms with Gasteiger partial charge in [-0.05, 0) is 44.0 Å². The van der Waals surface area contributed by atoms with Crippen LogP contribution in [-0.2, 0) is 4.74 Å². The molecule has 16 heavy (non-hydrogen) atoms. The predicted molar refractivity (Wildman–Crippen MR) is 64.0 cm³/mol. The molecule has 1 N–H and O–H groups in total. The summed E-state index contributed by atoms with van der Waals surface area (Å²) < 4.78 is 5.11. The number of benzene rings is 1. The number of carbonyl (C=O) groups is 1. The van der Waals surface area contributed by atoms with E-state index >= 15 is 0 Å². The molecule has 0 amide bonds. The normalized spacial score (nSPS) is 9.75. The Hall–Kier alpha value is -1.64. The number of unbranched alkanes of at least 4 members (excludes halogenated alkanes) is 3. The van der Waals surface area contributed by atoms with Crippen LogP contribution in [0.4, 0.5) is 0 Å². The van der Waals surface area contributed by atoms with E-state index in [0.717, 1.165) is 25.7 Å². The third kappa shape index (κ3) is 4.73. The zero-order valence-electron chi connectivity index (χ0n) is 9.32. The van der Waals surface area contributed by atoms with Gasteiger partial charge in [0, 0.05) is 0 Å². The Morgan fingerprint density at radius 1 is 1.19 bits per heavy atom. The van der Waals surface area contributed by atoms with E-state index in [1.807, 2.05) is 18.2 Å². The van der Waals surface area contributed by atoms with E-state index in [2.05, 4.69) is 0 Å². The van der Waals surface area contributed by atoms with Crippen molar-refractivity contribution in [2.24, 2.45) is 0 Å². The van der Waals surface area contributed by atoms with Gasteiger partial charge in [-0.25, -0.2) is 4.79 Å². The molecular weight excluding hydrogens is 202 g/mol. The molecule has 0 bridgehead atoms. The molecule has 1 aromatic carbocycles. The first-order valence-electron chi connectivity index (χ1n) is 5.55. The molecule has 0 aromatic heterocycles. The molecular formula is C13H17NO2. The lowest BCUT2D eigenvalue weighted by Crippen LogP contribution is -2.06. The van der Waals surface area contributed by atoms with Crippen molar-refractivity contribution in [1.82, 2.24) is 0 Å². The Balaban J connectivity index is 2.14. The molecule has 0 atom stereocenters. The second-order valence-corrected chi connectivity index (χ2v) is 3.56. The molecule has 0 fully saturated rings. The fourth-order valence-corrected chi connectivity index (χ4v) is 1.35. The van der Waals surface area contributed by atoms with E-state index in [9.17, 15) is 4.79 Å². The molecule has 0 saturated carbocycles. The van der Waals surface area contributed by atoms with Gasteiger partial charge in [0.2, 0.25) is 0 Å². The highest BCUT2D eigenvalue weighted by Gasteiger charge is 2.04. The summed E-state index contributed by atoms with van der Waals surface area (Å²) in [4.78, 5) is 11.5. The minimum absolute atomic E-state index is 0.257. The van der Waals surface area contributed by atoms with Crippen molar-refractivity contribution in [3.8, 4) is 0 Å². The first-order chi connectivity index (χ1) is 7.84. The fourth-order valence-electron chi connectivity index (χ4n) is 1.35. The maximum Gasteiger partial charge on any atom is 0.338 e. The second kappa shape index (κ2) is 7.63. The van der Waals surface area contributed by atoms with E-state index < -0.39 is 0 Å². The third-order valence-corrected chi connectivity index (χ3v) is 2.24. The molecule has 0 aliphatic carbocycles. The third-order valence-electron chi connectivity index (χ3n) is 2.24. The standard InChI is InChI=1S/C13H17NO2/c14-10-6-1-2-7-11-16-13(15)12-8-4-3-5-9-12/h3-5,8-10,14H,1-2,6-7,11H2. The van der Waals surface area contributed by atoms with E-state index in [1.54, 1.807) is 12.1 Å². The number of hydrogen-bond donors (Lipinski definition) is 1. The Morgan fingerprint density at radius 3 is 2.62 bits per heavy atom. The first-order valence-corrected chi connectivity index (χ1v) is 5.55. The molecule has 3 nitrogen and oxygen atoms in total. The van der Waals surface area contributed by atoms with E-state index in [-0.39, 0.29) is 5.97 Å². The number of esters is 1. The zero-order chi connectivity index (χ0) is 11.6. The van der Waals surface area contributed by atoms with Crippen molar-refractivity contribution in [3.63, 3.8) is 0 Å². The highest BCUT2D eigenvalue weighted by Crippen LogP contribution is 2.03. The van der Waals surface area contributed by atoms with Gasteiger partial charge in [0.15, 0.2) is 0 Å². The Labute approximate surface area is 95.9 Å². The van der Waals surface area contributed by atoms with Gasteiger partial charge >= 0.3 is 5.97 Å². The zero-order valence-corrected chi connectivity index (χ0v) is 9.32. The molecule has 1 rings (SSSR count). The van der Waals surface area contributed by atoms with Gasteiger partial charge in [-0.2, -0.15) is 0 Å². The first kappa shape index (κ1) is 12.4. The minimum atomic E-state index is -0.257.